The molecule has 1 aliphatic rings. The van der Waals surface area contributed by atoms with Gasteiger partial charge in [0.15, 0.2) is 0 Å². The molecule has 0 fully saturated rings. The van der Waals surface area contributed by atoms with E-state index in [2.05, 4.69) is 10.3 Å². The lowest BCUT2D eigenvalue weighted by Gasteiger charge is -2.16. The molecule has 0 unspecified atom stereocenters. The van der Waals surface area contributed by atoms with Gasteiger partial charge >= 0.3 is 0 Å². The minimum absolute atomic E-state index is 0.00812. The maximum absolute atomic E-state index is 13.1. The first-order chi connectivity index (χ1) is 11.1. The van der Waals surface area contributed by atoms with Crippen molar-refractivity contribution in [2.75, 3.05) is 6.54 Å². The molecule has 0 bridgehead atoms. The summed E-state index contributed by atoms with van der Waals surface area (Å²) < 4.78 is 14.7. The lowest BCUT2D eigenvalue weighted by molar-refractivity contribution is 0.599. The van der Waals surface area contributed by atoms with Crippen LogP contribution in [0.1, 0.15) is 29.0 Å². The second-order valence-electron chi connectivity index (χ2n) is 5.80. The summed E-state index contributed by atoms with van der Waals surface area (Å²) in [7, 11) is 0. The van der Waals surface area contributed by atoms with Crippen molar-refractivity contribution in [3.63, 3.8) is 0 Å². The number of halogens is 1. The maximum atomic E-state index is 13.1. The zero-order valence-corrected chi connectivity index (χ0v) is 13.5. The molecule has 0 saturated carbocycles. The minimum Gasteiger partial charge on any atom is -0.312 e. The van der Waals surface area contributed by atoms with Gasteiger partial charge in [-0.05, 0) is 43.1 Å². The molecule has 1 aromatic carbocycles. The van der Waals surface area contributed by atoms with E-state index in [1.165, 1.54) is 17.0 Å². The van der Waals surface area contributed by atoms with Gasteiger partial charge in [0.2, 0.25) is 0 Å². The van der Waals surface area contributed by atoms with Crippen LogP contribution in [0.4, 0.5) is 4.39 Å². The first-order valence-corrected chi connectivity index (χ1v) is 8.44. The van der Waals surface area contributed by atoms with Gasteiger partial charge in [-0.15, -0.1) is 11.3 Å². The maximum Gasteiger partial charge on any atom is 0.262 e. The molecule has 6 heteroatoms. The SMILES string of the molecule is C[C@H](c1ccc(F)cc1)n1cnc2sc3c(c2c1=O)CCNC3. The van der Waals surface area contributed by atoms with Gasteiger partial charge in [-0.25, -0.2) is 9.37 Å². The van der Waals surface area contributed by atoms with Crippen LogP contribution in [0.5, 0.6) is 0 Å². The number of aromatic nitrogens is 2. The van der Waals surface area contributed by atoms with Crippen molar-refractivity contribution in [3.8, 4) is 0 Å². The molecule has 0 saturated heterocycles. The van der Waals surface area contributed by atoms with Gasteiger partial charge < -0.3 is 5.32 Å². The summed E-state index contributed by atoms with van der Waals surface area (Å²) in [5.41, 5.74) is 2.02. The minimum atomic E-state index is -0.277. The van der Waals surface area contributed by atoms with E-state index in [0.717, 1.165) is 40.9 Å². The number of rotatable bonds is 2. The third kappa shape index (κ3) is 2.38. The predicted molar refractivity (Wildman–Crippen MR) is 89.5 cm³/mol. The van der Waals surface area contributed by atoms with E-state index in [1.807, 2.05) is 6.92 Å². The van der Waals surface area contributed by atoms with Crippen molar-refractivity contribution in [2.24, 2.45) is 0 Å². The van der Waals surface area contributed by atoms with Crippen LogP contribution in [-0.2, 0) is 13.0 Å². The summed E-state index contributed by atoms with van der Waals surface area (Å²) in [5, 5.41) is 4.08. The fourth-order valence-corrected chi connectivity index (χ4v) is 4.25. The topological polar surface area (TPSA) is 46.9 Å². The Morgan fingerprint density at radius 3 is 2.91 bits per heavy atom. The molecule has 3 aromatic rings. The third-order valence-electron chi connectivity index (χ3n) is 4.43. The average molecular weight is 329 g/mol. The summed E-state index contributed by atoms with van der Waals surface area (Å²) in [6.45, 7) is 3.63. The lowest BCUT2D eigenvalue weighted by atomic mass is 10.1. The molecule has 118 valence electrons. The fraction of sp³-hybridized carbons (Fsp3) is 0.294. The number of nitrogens with one attached hydrogen (secondary N) is 1. The Morgan fingerprint density at radius 1 is 1.35 bits per heavy atom. The quantitative estimate of drug-likeness (QED) is 0.786. The standard InChI is InChI=1S/C17H16FN3OS/c1-10(11-2-4-12(18)5-3-11)21-9-20-16-15(17(21)22)13-6-7-19-8-14(13)23-16/h2-5,9-10,19H,6-8H2,1H3/t10-/m1/s1. The lowest BCUT2D eigenvalue weighted by Crippen LogP contribution is -2.26. The molecule has 1 atom stereocenters. The van der Waals surface area contributed by atoms with E-state index in [4.69, 9.17) is 0 Å². The first-order valence-electron chi connectivity index (χ1n) is 7.62. The zero-order chi connectivity index (χ0) is 16.0. The number of hydrogen-bond donors (Lipinski definition) is 1. The van der Waals surface area contributed by atoms with Gasteiger partial charge in [0.05, 0.1) is 17.8 Å². The molecule has 1 aliphatic heterocycles. The highest BCUT2D eigenvalue weighted by Gasteiger charge is 2.21. The Morgan fingerprint density at radius 2 is 2.13 bits per heavy atom. The highest BCUT2D eigenvalue weighted by atomic mass is 32.1. The van der Waals surface area contributed by atoms with E-state index >= 15 is 0 Å². The fourth-order valence-electron chi connectivity index (χ4n) is 3.11. The van der Waals surface area contributed by atoms with Crippen LogP contribution in [0.3, 0.4) is 0 Å². The monoisotopic (exact) mass is 329 g/mol. The molecule has 4 rings (SSSR count). The van der Waals surface area contributed by atoms with Crippen LogP contribution in [0.25, 0.3) is 10.2 Å². The highest BCUT2D eigenvalue weighted by molar-refractivity contribution is 7.18. The van der Waals surface area contributed by atoms with E-state index in [1.54, 1.807) is 34.4 Å². The van der Waals surface area contributed by atoms with E-state index in [9.17, 15) is 9.18 Å². The van der Waals surface area contributed by atoms with Crippen LogP contribution < -0.4 is 10.9 Å². The molecule has 2 aromatic heterocycles. The molecule has 1 N–H and O–H groups in total. The molecule has 0 amide bonds. The van der Waals surface area contributed by atoms with Crippen LogP contribution >= 0.6 is 11.3 Å². The van der Waals surface area contributed by atoms with E-state index in [0.29, 0.717) is 0 Å². The van der Waals surface area contributed by atoms with Gasteiger partial charge in [-0.1, -0.05) is 12.1 Å². The number of thiophene rings is 1. The average Bonchev–Trinajstić information content (AvgIpc) is 2.94. The first kappa shape index (κ1) is 14.5. The Hall–Kier alpha value is -2.05. The molecule has 3 heterocycles. The molecule has 0 radical (unpaired) electrons. The molecule has 4 nitrogen and oxygen atoms in total. The van der Waals surface area contributed by atoms with Gasteiger partial charge in [0, 0.05) is 11.4 Å². The van der Waals surface area contributed by atoms with Crippen LogP contribution in [0.2, 0.25) is 0 Å². The summed E-state index contributed by atoms with van der Waals surface area (Å²) in [5.74, 6) is -0.277. The largest absolute Gasteiger partial charge is 0.312 e. The number of benzene rings is 1. The van der Waals surface area contributed by atoms with Crippen molar-refractivity contribution in [3.05, 3.63) is 62.8 Å². The summed E-state index contributed by atoms with van der Waals surface area (Å²) >= 11 is 1.60. The third-order valence-corrected chi connectivity index (χ3v) is 5.57. The number of fused-ring (bicyclic) bond motifs is 3. The number of hydrogen-bond acceptors (Lipinski definition) is 4. The van der Waals surface area contributed by atoms with Gasteiger partial charge in [-0.2, -0.15) is 0 Å². The van der Waals surface area contributed by atoms with Crippen LogP contribution in [0.15, 0.2) is 35.4 Å². The Kier molecular flexibility index (Phi) is 3.50. The van der Waals surface area contributed by atoms with Crippen molar-refractivity contribution in [1.82, 2.24) is 14.9 Å². The molecule has 23 heavy (non-hydrogen) atoms. The summed E-state index contributed by atoms with van der Waals surface area (Å²) in [6.07, 6.45) is 2.47. The van der Waals surface area contributed by atoms with Crippen molar-refractivity contribution in [1.29, 1.82) is 0 Å². The van der Waals surface area contributed by atoms with E-state index in [-0.39, 0.29) is 17.4 Å². The highest BCUT2D eigenvalue weighted by Crippen LogP contribution is 2.30. The van der Waals surface area contributed by atoms with Crippen LogP contribution in [0, 0.1) is 5.82 Å². The number of nitrogens with zero attached hydrogens (tertiary/aromatic N) is 2. The Labute approximate surface area is 136 Å². The van der Waals surface area contributed by atoms with E-state index < -0.39 is 0 Å². The second-order valence-corrected chi connectivity index (χ2v) is 6.88. The molecular formula is C17H16FN3OS. The predicted octanol–water partition coefficient (Wildman–Crippen LogP) is 2.85. The summed E-state index contributed by atoms with van der Waals surface area (Å²) in [6, 6.07) is 6.08. The molecule has 0 spiro atoms. The smallest absolute Gasteiger partial charge is 0.262 e. The van der Waals surface area contributed by atoms with Crippen molar-refractivity contribution < 1.29 is 4.39 Å². The normalized spacial score (nSPS) is 15.6. The Balaban J connectivity index is 1.86. The zero-order valence-electron chi connectivity index (χ0n) is 12.7. The van der Waals surface area contributed by atoms with Crippen molar-refractivity contribution in [2.45, 2.75) is 25.9 Å². The molecular weight excluding hydrogens is 313 g/mol. The van der Waals surface area contributed by atoms with Gasteiger partial charge in [0.25, 0.3) is 5.56 Å². The van der Waals surface area contributed by atoms with Gasteiger partial charge in [0.1, 0.15) is 10.6 Å². The van der Waals surface area contributed by atoms with Gasteiger partial charge in [-0.3, -0.25) is 9.36 Å². The van der Waals surface area contributed by atoms with Crippen molar-refractivity contribution >= 4 is 21.6 Å². The summed E-state index contributed by atoms with van der Waals surface area (Å²) in [4.78, 5) is 19.5. The van der Waals surface area contributed by atoms with Crippen LogP contribution in [-0.4, -0.2) is 16.1 Å². The second kappa shape index (κ2) is 5.54. The Bertz CT molecular complexity index is 929. The molecule has 0 aliphatic carbocycles.